The molecule has 3 N–H and O–H groups in total. The van der Waals surface area contributed by atoms with E-state index in [4.69, 9.17) is 9.47 Å². The fraction of sp³-hybridized carbons (Fsp3) is 0.975. The van der Waals surface area contributed by atoms with Crippen molar-refractivity contribution in [3.05, 3.63) is 0 Å². The van der Waals surface area contributed by atoms with Crippen molar-refractivity contribution in [2.75, 3.05) is 0 Å². The number of carboxylic acids is 1. The van der Waals surface area contributed by atoms with E-state index in [1.807, 2.05) is 0 Å². The first-order valence-corrected chi connectivity index (χ1v) is 19.7. The Morgan fingerprint density at radius 1 is 0.848 bits per heavy atom. The number of fused-ring (bicyclic) bond motifs is 5. The summed E-state index contributed by atoms with van der Waals surface area (Å²) in [5.74, 6) is 3.96. The third-order valence-electron chi connectivity index (χ3n) is 16.8. The van der Waals surface area contributed by atoms with E-state index in [2.05, 4.69) is 41.5 Å². The van der Waals surface area contributed by atoms with Gasteiger partial charge in [0.15, 0.2) is 0 Å². The summed E-state index contributed by atoms with van der Waals surface area (Å²) < 4.78 is 13.8. The molecule has 46 heavy (non-hydrogen) atoms. The van der Waals surface area contributed by atoms with E-state index in [0.29, 0.717) is 47.3 Å². The predicted octanol–water partition coefficient (Wildman–Crippen LogP) is 7.87. The van der Waals surface area contributed by atoms with Crippen molar-refractivity contribution < 1.29 is 29.6 Å². The summed E-state index contributed by atoms with van der Waals surface area (Å²) in [6.07, 6.45) is 15.3. The molecular formula is C40H66O6. The maximum Gasteiger partial charge on any atom is 0.303 e. The summed E-state index contributed by atoms with van der Waals surface area (Å²) in [7, 11) is 0. The Morgan fingerprint density at radius 3 is 2.30 bits per heavy atom. The summed E-state index contributed by atoms with van der Waals surface area (Å²) in [6.45, 7) is 14.2. The summed E-state index contributed by atoms with van der Waals surface area (Å²) in [5.41, 5.74) is -0.305. The summed E-state index contributed by atoms with van der Waals surface area (Å²) >= 11 is 0. The quantitative estimate of drug-likeness (QED) is 0.273. The van der Waals surface area contributed by atoms with Gasteiger partial charge in [-0.05, 0) is 160 Å². The summed E-state index contributed by atoms with van der Waals surface area (Å²) in [5, 5.41) is 33.6. The van der Waals surface area contributed by atoms with Gasteiger partial charge in [0.2, 0.25) is 0 Å². The molecule has 1 saturated heterocycles. The largest absolute Gasteiger partial charge is 0.481 e. The lowest BCUT2D eigenvalue weighted by Gasteiger charge is -2.63. The van der Waals surface area contributed by atoms with Gasteiger partial charge in [-0.2, -0.15) is 0 Å². The zero-order valence-electron chi connectivity index (χ0n) is 29.8. The maximum atomic E-state index is 12.4. The molecule has 0 bridgehead atoms. The van der Waals surface area contributed by atoms with Crippen molar-refractivity contribution in [1.29, 1.82) is 0 Å². The standard InChI is InChI=1S/C40H66O6/c1-22(8-14-37(42)43)28-12-13-31-27-20-34(41)33-19-26(15-17-39(33,6)32(27)16-18-38(28,31)5)46-35-21-36-40(44)29(11-9-24(3)45-36)23(2)7-10-30(40)25(35)4/h22-36,41,44H,7-21H2,1-6H3,(H,42,43)/t22-,23-,24?,25?,26-,27?,28?,29?,30?,31?,32?,33?,34+,35?,36?,38?,39?,40?/m1/s1. The smallest absolute Gasteiger partial charge is 0.303 e. The molecule has 6 saturated carbocycles. The molecule has 14 unspecified atom stereocenters. The average molecular weight is 643 g/mol. The van der Waals surface area contributed by atoms with Crippen molar-refractivity contribution in [3.63, 3.8) is 0 Å². The van der Waals surface area contributed by atoms with Gasteiger partial charge in [0, 0.05) is 12.8 Å². The van der Waals surface area contributed by atoms with Gasteiger partial charge >= 0.3 is 5.97 Å². The van der Waals surface area contributed by atoms with Gasteiger partial charge in [0.25, 0.3) is 0 Å². The Hall–Kier alpha value is -0.690. The van der Waals surface area contributed by atoms with Crippen LogP contribution in [0.4, 0.5) is 0 Å². The van der Waals surface area contributed by atoms with Crippen LogP contribution in [-0.2, 0) is 14.3 Å². The third kappa shape index (κ3) is 5.27. The molecule has 0 spiro atoms. The normalized spacial score (nSPS) is 55.7. The third-order valence-corrected chi connectivity index (χ3v) is 16.8. The van der Waals surface area contributed by atoms with E-state index >= 15 is 0 Å². The molecule has 262 valence electrons. The second-order valence-electron chi connectivity index (χ2n) is 18.8. The van der Waals surface area contributed by atoms with Gasteiger partial charge in [-0.1, -0.05) is 34.6 Å². The van der Waals surface area contributed by atoms with Crippen molar-refractivity contribution in [2.45, 2.75) is 174 Å². The van der Waals surface area contributed by atoms with Crippen LogP contribution in [0.3, 0.4) is 0 Å². The number of aliphatic carboxylic acids is 1. The lowest BCUT2D eigenvalue weighted by atomic mass is 9.43. The molecule has 7 fully saturated rings. The molecule has 1 aliphatic heterocycles. The van der Waals surface area contributed by atoms with Crippen molar-refractivity contribution in [1.82, 2.24) is 0 Å². The summed E-state index contributed by atoms with van der Waals surface area (Å²) in [4.78, 5) is 11.3. The van der Waals surface area contributed by atoms with Gasteiger partial charge in [0.05, 0.1) is 36.1 Å². The van der Waals surface area contributed by atoms with Gasteiger partial charge in [-0.15, -0.1) is 0 Å². The maximum absolute atomic E-state index is 12.4. The van der Waals surface area contributed by atoms with Crippen LogP contribution in [0.2, 0.25) is 0 Å². The number of hydrogen-bond acceptors (Lipinski definition) is 5. The number of rotatable bonds is 6. The van der Waals surface area contributed by atoms with Crippen LogP contribution in [-0.4, -0.2) is 57.4 Å². The first-order chi connectivity index (χ1) is 21.8. The molecular weight excluding hydrogens is 576 g/mol. The topological polar surface area (TPSA) is 96.2 Å². The fourth-order valence-electron chi connectivity index (χ4n) is 14.4. The average Bonchev–Trinajstić information content (AvgIpc) is 3.29. The van der Waals surface area contributed by atoms with Crippen molar-refractivity contribution in [3.8, 4) is 0 Å². The Labute approximate surface area is 279 Å². The number of carbonyl (C=O) groups is 1. The van der Waals surface area contributed by atoms with Crippen LogP contribution < -0.4 is 0 Å². The highest BCUT2D eigenvalue weighted by molar-refractivity contribution is 5.66. The van der Waals surface area contributed by atoms with Crippen LogP contribution in [0, 0.1) is 70.0 Å². The van der Waals surface area contributed by atoms with Gasteiger partial charge in [0.1, 0.15) is 0 Å². The van der Waals surface area contributed by atoms with Crippen LogP contribution in [0.15, 0.2) is 0 Å². The highest BCUT2D eigenvalue weighted by Gasteiger charge is 2.64. The SMILES string of the molecule is CC1CCC2[C@H](C)CCC3C(C)C(O[C@@H]4CCC5(C)C6CCC7(C)C(CCC7[C@H](C)CCC(=O)O)C6C[C@H](O)C5C4)CC(O1)C32O. The Bertz CT molecular complexity index is 1130. The lowest BCUT2D eigenvalue weighted by molar-refractivity contribution is -0.258. The summed E-state index contributed by atoms with van der Waals surface area (Å²) in [6, 6.07) is 0. The minimum atomic E-state index is -0.732. The number of aliphatic hydroxyl groups excluding tert-OH is 1. The number of ether oxygens (including phenoxy) is 2. The Kier molecular flexibility index (Phi) is 9.01. The molecule has 7 rings (SSSR count). The Balaban J connectivity index is 1.04. The van der Waals surface area contributed by atoms with E-state index in [1.165, 1.54) is 32.1 Å². The molecule has 7 aliphatic rings. The van der Waals surface area contributed by atoms with Gasteiger partial charge in [-0.3, -0.25) is 4.79 Å². The van der Waals surface area contributed by atoms with Crippen LogP contribution >= 0.6 is 0 Å². The molecule has 0 amide bonds. The van der Waals surface area contributed by atoms with Crippen molar-refractivity contribution >= 4 is 5.97 Å². The van der Waals surface area contributed by atoms with E-state index in [0.717, 1.165) is 57.8 Å². The molecule has 0 aromatic carbocycles. The minimum absolute atomic E-state index is 0.103. The van der Waals surface area contributed by atoms with Crippen molar-refractivity contribution in [2.24, 2.45) is 70.0 Å². The minimum Gasteiger partial charge on any atom is -0.481 e. The zero-order valence-corrected chi connectivity index (χ0v) is 29.8. The predicted molar refractivity (Wildman–Crippen MR) is 179 cm³/mol. The van der Waals surface area contributed by atoms with E-state index in [1.54, 1.807) is 0 Å². The highest BCUT2D eigenvalue weighted by Crippen LogP contribution is 2.68. The van der Waals surface area contributed by atoms with E-state index in [-0.39, 0.29) is 59.6 Å². The Morgan fingerprint density at radius 2 is 1.54 bits per heavy atom. The number of hydrogen-bond donors (Lipinski definition) is 3. The molecule has 1 heterocycles. The highest BCUT2D eigenvalue weighted by atomic mass is 16.5. The van der Waals surface area contributed by atoms with Gasteiger partial charge < -0.3 is 24.8 Å². The first kappa shape index (κ1) is 33.8. The zero-order chi connectivity index (χ0) is 32.8. The molecule has 6 nitrogen and oxygen atoms in total. The molecule has 18 atom stereocenters. The molecule has 0 aromatic rings. The number of carboxylic acid groups (broad SMARTS) is 1. The number of aliphatic hydroxyl groups is 2. The molecule has 6 aliphatic carbocycles. The van der Waals surface area contributed by atoms with E-state index < -0.39 is 11.6 Å². The van der Waals surface area contributed by atoms with Crippen LogP contribution in [0.5, 0.6) is 0 Å². The van der Waals surface area contributed by atoms with Crippen LogP contribution in [0.25, 0.3) is 0 Å². The molecule has 6 heteroatoms. The van der Waals surface area contributed by atoms with E-state index in [9.17, 15) is 20.1 Å². The molecule has 0 aromatic heterocycles. The molecule has 0 radical (unpaired) electrons. The lowest BCUT2D eigenvalue weighted by Crippen LogP contribution is -2.66. The second-order valence-corrected chi connectivity index (χ2v) is 18.8. The van der Waals surface area contributed by atoms with Gasteiger partial charge in [-0.25, -0.2) is 0 Å². The first-order valence-electron chi connectivity index (χ1n) is 19.7. The monoisotopic (exact) mass is 642 g/mol. The second kappa shape index (κ2) is 12.3. The fourth-order valence-corrected chi connectivity index (χ4v) is 14.4. The van der Waals surface area contributed by atoms with Crippen LogP contribution in [0.1, 0.15) is 138 Å².